The molecule has 0 amide bonds. The maximum absolute atomic E-state index is 10.8. The minimum Gasteiger partial charge on any atom is -0.481 e. The number of carboxylic acids is 1. The molecule has 2 aromatic rings. The van der Waals surface area contributed by atoms with E-state index in [1.165, 1.54) is 11.8 Å². The Morgan fingerprint density at radius 1 is 1.57 bits per heavy atom. The molecule has 0 spiro atoms. The first-order valence-electron chi connectivity index (χ1n) is 6.98. The van der Waals surface area contributed by atoms with Crippen LogP contribution in [0.5, 0.6) is 0 Å². The molecule has 1 N–H and O–H groups in total. The molecule has 1 aliphatic rings. The number of nitrogens with zero attached hydrogens (tertiary/aromatic N) is 4. The van der Waals surface area contributed by atoms with Crippen LogP contribution in [0.3, 0.4) is 0 Å². The Labute approximate surface area is 126 Å². The van der Waals surface area contributed by atoms with Gasteiger partial charge in [0.15, 0.2) is 10.8 Å². The molecule has 1 fully saturated rings. The fourth-order valence-electron chi connectivity index (χ4n) is 2.70. The van der Waals surface area contributed by atoms with E-state index in [1.807, 2.05) is 18.7 Å². The third-order valence-corrected chi connectivity index (χ3v) is 4.57. The number of thioether (sulfide) groups is 1. The minimum absolute atomic E-state index is 0.00574. The molecule has 0 aromatic carbocycles. The average Bonchev–Trinajstić information content (AvgIpc) is 3.13. The lowest BCUT2D eigenvalue weighted by molar-refractivity contribution is -0.133. The summed E-state index contributed by atoms with van der Waals surface area (Å²) in [6.45, 7) is 3.41. The van der Waals surface area contributed by atoms with Gasteiger partial charge >= 0.3 is 5.97 Å². The van der Waals surface area contributed by atoms with Gasteiger partial charge < -0.3 is 9.84 Å². The van der Waals surface area contributed by atoms with E-state index in [0.29, 0.717) is 6.61 Å². The van der Waals surface area contributed by atoms with E-state index < -0.39 is 5.97 Å². The quantitative estimate of drug-likeness (QED) is 0.842. The van der Waals surface area contributed by atoms with E-state index in [9.17, 15) is 4.79 Å². The topological polar surface area (TPSA) is 82.2 Å². The molecule has 8 heteroatoms. The summed E-state index contributed by atoms with van der Waals surface area (Å²) >= 11 is 1.26. The largest absolute Gasteiger partial charge is 0.481 e. The number of carbonyl (C=O) groups is 1. The maximum atomic E-state index is 10.8. The highest BCUT2D eigenvalue weighted by molar-refractivity contribution is 7.99. The Balaban J connectivity index is 2.10. The van der Waals surface area contributed by atoms with Crippen molar-refractivity contribution in [1.82, 2.24) is 19.3 Å². The summed E-state index contributed by atoms with van der Waals surface area (Å²) in [6, 6.07) is 0.200. The summed E-state index contributed by atoms with van der Waals surface area (Å²) < 4.78 is 9.42. The standard InChI is InChI=1S/C13H18N4O3S/c1-3-9-11-12(16(2)15-9)17(8-4-5-20-6-8)13(14-11)21-7-10(18)19/h8H,3-7H2,1-2H3,(H,18,19). The van der Waals surface area contributed by atoms with E-state index >= 15 is 0 Å². The summed E-state index contributed by atoms with van der Waals surface area (Å²) in [5, 5.41) is 14.2. The zero-order valence-electron chi connectivity index (χ0n) is 12.1. The summed E-state index contributed by atoms with van der Waals surface area (Å²) in [4.78, 5) is 15.5. The highest BCUT2D eigenvalue weighted by atomic mass is 32.2. The van der Waals surface area contributed by atoms with Gasteiger partial charge in [0.2, 0.25) is 0 Å². The van der Waals surface area contributed by atoms with E-state index in [2.05, 4.69) is 14.6 Å². The molecule has 0 aliphatic carbocycles. The lowest BCUT2D eigenvalue weighted by atomic mass is 10.2. The SMILES string of the molecule is CCc1nn(C)c2c1nc(SCC(=O)O)n2C1CCOC1. The van der Waals surface area contributed by atoms with Crippen LogP contribution in [0.25, 0.3) is 11.2 Å². The second-order valence-electron chi connectivity index (χ2n) is 5.06. The summed E-state index contributed by atoms with van der Waals surface area (Å²) in [7, 11) is 1.90. The van der Waals surface area contributed by atoms with Crippen LogP contribution in [0.4, 0.5) is 0 Å². The normalized spacial score (nSPS) is 18.7. The summed E-state index contributed by atoms with van der Waals surface area (Å²) in [6.07, 6.45) is 1.72. The van der Waals surface area contributed by atoms with Gasteiger partial charge in [0.05, 0.1) is 24.1 Å². The highest BCUT2D eigenvalue weighted by Crippen LogP contribution is 2.32. The van der Waals surface area contributed by atoms with Crippen molar-refractivity contribution < 1.29 is 14.6 Å². The van der Waals surface area contributed by atoms with Crippen molar-refractivity contribution >= 4 is 28.9 Å². The number of carboxylic acid groups (broad SMARTS) is 1. The van der Waals surface area contributed by atoms with Crippen molar-refractivity contribution in [2.24, 2.45) is 7.05 Å². The predicted molar refractivity (Wildman–Crippen MR) is 78.7 cm³/mol. The van der Waals surface area contributed by atoms with Crippen LogP contribution in [0.15, 0.2) is 5.16 Å². The average molecular weight is 310 g/mol. The maximum Gasteiger partial charge on any atom is 0.313 e. The smallest absolute Gasteiger partial charge is 0.313 e. The predicted octanol–water partition coefficient (Wildman–Crippen LogP) is 1.47. The monoisotopic (exact) mass is 310 g/mol. The third-order valence-electron chi connectivity index (χ3n) is 3.63. The molecule has 3 heterocycles. The second-order valence-corrected chi connectivity index (χ2v) is 6.00. The summed E-state index contributed by atoms with van der Waals surface area (Å²) in [5.41, 5.74) is 2.78. The molecule has 0 bridgehead atoms. The number of aliphatic carboxylic acids is 1. The molecule has 0 radical (unpaired) electrons. The number of ether oxygens (including phenoxy) is 1. The molecule has 1 atom stereocenters. The Bertz CT molecular complexity index is 673. The number of hydrogen-bond acceptors (Lipinski definition) is 5. The zero-order valence-corrected chi connectivity index (χ0v) is 12.9. The van der Waals surface area contributed by atoms with Crippen LogP contribution in [0.2, 0.25) is 0 Å². The molecule has 1 saturated heterocycles. The zero-order chi connectivity index (χ0) is 15.0. The van der Waals surface area contributed by atoms with Crippen LogP contribution >= 0.6 is 11.8 Å². The molecule has 1 unspecified atom stereocenters. The van der Waals surface area contributed by atoms with Crippen LogP contribution < -0.4 is 0 Å². The Hall–Kier alpha value is -1.54. The van der Waals surface area contributed by atoms with Gasteiger partial charge in [0, 0.05) is 13.7 Å². The van der Waals surface area contributed by atoms with Gasteiger partial charge in [-0.05, 0) is 12.8 Å². The Morgan fingerprint density at radius 3 is 3.00 bits per heavy atom. The first-order chi connectivity index (χ1) is 10.1. The van der Waals surface area contributed by atoms with E-state index in [0.717, 1.165) is 41.5 Å². The first kappa shape index (κ1) is 14.4. The second kappa shape index (κ2) is 5.69. The van der Waals surface area contributed by atoms with Gasteiger partial charge in [-0.2, -0.15) is 5.10 Å². The fraction of sp³-hybridized carbons (Fsp3) is 0.615. The molecular formula is C13H18N4O3S. The number of hydrogen-bond donors (Lipinski definition) is 1. The molecule has 0 saturated carbocycles. The number of fused-ring (bicyclic) bond motifs is 1. The number of aryl methyl sites for hydroxylation is 2. The van der Waals surface area contributed by atoms with Crippen LogP contribution in [-0.4, -0.2) is 49.4 Å². The van der Waals surface area contributed by atoms with Gasteiger partial charge in [0.1, 0.15) is 5.52 Å². The van der Waals surface area contributed by atoms with Gasteiger partial charge in [-0.15, -0.1) is 0 Å². The number of aromatic nitrogens is 4. The third kappa shape index (κ3) is 2.53. The molecule has 2 aromatic heterocycles. The van der Waals surface area contributed by atoms with E-state index in [1.54, 1.807) is 0 Å². The van der Waals surface area contributed by atoms with Gasteiger partial charge in [-0.1, -0.05) is 18.7 Å². The first-order valence-corrected chi connectivity index (χ1v) is 7.96. The highest BCUT2D eigenvalue weighted by Gasteiger charge is 2.27. The fourth-order valence-corrected chi connectivity index (χ4v) is 3.49. The molecule has 21 heavy (non-hydrogen) atoms. The van der Waals surface area contributed by atoms with Crippen molar-refractivity contribution in [3.8, 4) is 0 Å². The minimum atomic E-state index is -0.838. The molecule has 7 nitrogen and oxygen atoms in total. The number of imidazole rings is 1. The lowest BCUT2D eigenvalue weighted by Crippen LogP contribution is -2.13. The van der Waals surface area contributed by atoms with Crippen LogP contribution in [0, 0.1) is 0 Å². The summed E-state index contributed by atoms with van der Waals surface area (Å²) in [5.74, 6) is -0.832. The van der Waals surface area contributed by atoms with Gasteiger partial charge in [0.25, 0.3) is 0 Å². The van der Waals surface area contributed by atoms with Crippen molar-refractivity contribution in [2.45, 2.75) is 31.0 Å². The van der Waals surface area contributed by atoms with Gasteiger partial charge in [-0.25, -0.2) is 4.98 Å². The molecular weight excluding hydrogens is 292 g/mol. The van der Waals surface area contributed by atoms with Crippen molar-refractivity contribution in [3.63, 3.8) is 0 Å². The lowest BCUT2D eigenvalue weighted by Gasteiger charge is -2.14. The Kier molecular flexibility index (Phi) is 3.90. The Morgan fingerprint density at radius 2 is 2.38 bits per heavy atom. The van der Waals surface area contributed by atoms with Crippen molar-refractivity contribution in [1.29, 1.82) is 0 Å². The van der Waals surface area contributed by atoms with E-state index in [-0.39, 0.29) is 11.8 Å². The van der Waals surface area contributed by atoms with E-state index in [4.69, 9.17) is 9.84 Å². The van der Waals surface area contributed by atoms with Gasteiger partial charge in [-0.3, -0.25) is 14.0 Å². The van der Waals surface area contributed by atoms with Crippen LogP contribution in [0.1, 0.15) is 25.1 Å². The molecule has 1 aliphatic heterocycles. The molecule has 114 valence electrons. The number of rotatable bonds is 5. The molecule has 3 rings (SSSR count). The van der Waals surface area contributed by atoms with Crippen molar-refractivity contribution in [2.75, 3.05) is 19.0 Å². The van der Waals surface area contributed by atoms with Crippen molar-refractivity contribution in [3.05, 3.63) is 5.69 Å². The van der Waals surface area contributed by atoms with Crippen LogP contribution in [-0.2, 0) is 23.0 Å².